The summed E-state index contributed by atoms with van der Waals surface area (Å²) >= 11 is 5.85. The van der Waals surface area contributed by atoms with Crippen LogP contribution >= 0.6 is 11.6 Å². The number of carbonyl (C=O) groups excluding carboxylic acids is 1. The molecule has 0 saturated carbocycles. The van der Waals surface area contributed by atoms with Gasteiger partial charge in [0, 0.05) is 29.7 Å². The number of rotatable bonds is 6. The molecule has 1 saturated heterocycles. The van der Waals surface area contributed by atoms with E-state index in [1.54, 1.807) is 12.1 Å². The van der Waals surface area contributed by atoms with Gasteiger partial charge in [-0.05, 0) is 67.1 Å². The molecule has 1 fully saturated rings. The standard InChI is InChI=1S/C22H27ClN2O3S/c1-3-16(2)17-4-8-20(9-5-17)24-22(26)18-12-14-25(15-13-18)29(27,28)21-10-6-19(23)7-11-21/h4-11,16,18H,3,12-15H2,1-2H3,(H,24,26). The van der Waals surface area contributed by atoms with Gasteiger partial charge in [0.15, 0.2) is 0 Å². The number of halogens is 1. The van der Waals surface area contributed by atoms with E-state index in [4.69, 9.17) is 11.6 Å². The van der Waals surface area contributed by atoms with E-state index in [1.165, 1.54) is 22.0 Å². The lowest BCUT2D eigenvalue weighted by molar-refractivity contribution is -0.120. The minimum Gasteiger partial charge on any atom is -0.326 e. The second kappa shape index (κ2) is 9.28. The maximum Gasteiger partial charge on any atom is 0.243 e. The lowest BCUT2D eigenvalue weighted by atomic mass is 9.96. The average molecular weight is 435 g/mol. The highest BCUT2D eigenvalue weighted by Crippen LogP contribution is 2.26. The first-order valence-electron chi connectivity index (χ1n) is 9.97. The molecule has 1 amide bonds. The van der Waals surface area contributed by atoms with Gasteiger partial charge in [0.2, 0.25) is 15.9 Å². The fourth-order valence-corrected chi connectivity index (χ4v) is 5.08. The van der Waals surface area contributed by atoms with Crippen molar-refractivity contribution in [1.82, 2.24) is 4.31 Å². The minimum absolute atomic E-state index is 0.0511. The van der Waals surface area contributed by atoms with E-state index in [1.807, 2.05) is 24.3 Å². The summed E-state index contributed by atoms with van der Waals surface area (Å²) in [5.74, 6) is 0.248. The SMILES string of the molecule is CCC(C)c1ccc(NC(=O)C2CCN(S(=O)(=O)c3ccc(Cl)cc3)CC2)cc1. The summed E-state index contributed by atoms with van der Waals surface area (Å²) < 4.78 is 27.0. The maximum atomic E-state index is 12.8. The van der Waals surface area contributed by atoms with Crippen molar-refractivity contribution in [2.75, 3.05) is 18.4 Å². The Balaban J connectivity index is 1.57. The maximum absolute atomic E-state index is 12.8. The third kappa shape index (κ3) is 5.18. The summed E-state index contributed by atoms with van der Waals surface area (Å²) in [5.41, 5.74) is 2.03. The Kier molecular flexibility index (Phi) is 6.98. The van der Waals surface area contributed by atoms with Gasteiger partial charge in [-0.2, -0.15) is 4.31 Å². The lowest BCUT2D eigenvalue weighted by Gasteiger charge is -2.30. The summed E-state index contributed by atoms with van der Waals surface area (Å²) in [6.45, 7) is 4.99. The summed E-state index contributed by atoms with van der Waals surface area (Å²) in [4.78, 5) is 12.8. The van der Waals surface area contributed by atoms with E-state index in [0.717, 1.165) is 12.1 Å². The highest BCUT2D eigenvalue weighted by molar-refractivity contribution is 7.89. The Morgan fingerprint density at radius 1 is 1.10 bits per heavy atom. The molecule has 2 aromatic carbocycles. The number of hydrogen-bond acceptors (Lipinski definition) is 3. The molecule has 1 unspecified atom stereocenters. The number of sulfonamides is 1. The Hall–Kier alpha value is -1.89. The lowest BCUT2D eigenvalue weighted by Crippen LogP contribution is -2.41. The van der Waals surface area contributed by atoms with E-state index in [9.17, 15) is 13.2 Å². The van der Waals surface area contributed by atoms with Crippen LogP contribution in [0.25, 0.3) is 0 Å². The van der Waals surface area contributed by atoms with Crippen LogP contribution in [0, 0.1) is 5.92 Å². The molecule has 1 aliphatic rings. The predicted molar refractivity (Wildman–Crippen MR) is 117 cm³/mol. The summed E-state index contributed by atoms with van der Waals surface area (Å²) in [7, 11) is -3.56. The highest BCUT2D eigenvalue weighted by Gasteiger charge is 2.32. The fourth-order valence-electron chi connectivity index (χ4n) is 3.49. The number of nitrogens with one attached hydrogen (secondary N) is 1. The van der Waals surface area contributed by atoms with Gasteiger partial charge in [0.1, 0.15) is 0 Å². The van der Waals surface area contributed by atoms with Gasteiger partial charge in [-0.15, -0.1) is 0 Å². The van der Waals surface area contributed by atoms with Crippen molar-refractivity contribution in [3.63, 3.8) is 0 Å². The summed E-state index contributed by atoms with van der Waals surface area (Å²) in [5, 5.41) is 3.46. The van der Waals surface area contributed by atoms with Gasteiger partial charge in [0.25, 0.3) is 0 Å². The van der Waals surface area contributed by atoms with Gasteiger partial charge in [0.05, 0.1) is 4.90 Å². The van der Waals surface area contributed by atoms with Gasteiger partial charge in [-0.1, -0.05) is 37.6 Å². The molecule has 29 heavy (non-hydrogen) atoms. The number of nitrogens with zero attached hydrogens (tertiary/aromatic N) is 1. The van der Waals surface area contributed by atoms with Crippen LogP contribution in [0.5, 0.6) is 0 Å². The molecule has 3 rings (SSSR count). The van der Waals surface area contributed by atoms with E-state index < -0.39 is 10.0 Å². The molecule has 0 aromatic heterocycles. The van der Waals surface area contributed by atoms with Crippen LogP contribution in [0.3, 0.4) is 0 Å². The van der Waals surface area contributed by atoms with Crippen molar-refractivity contribution in [3.8, 4) is 0 Å². The number of carbonyl (C=O) groups is 1. The fraction of sp³-hybridized carbons (Fsp3) is 0.409. The molecule has 0 spiro atoms. The summed E-state index contributed by atoms with van der Waals surface area (Å²) in [6.07, 6.45) is 2.08. The van der Waals surface area contributed by atoms with Crippen molar-refractivity contribution in [3.05, 3.63) is 59.1 Å². The third-order valence-electron chi connectivity index (χ3n) is 5.64. The van der Waals surface area contributed by atoms with Crippen LogP contribution in [0.2, 0.25) is 5.02 Å². The first kappa shape index (κ1) is 21.8. The Morgan fingerprint density at radius 3 is 2.24 bits per heavy atom. The quantitative estimate of drug-likeness (QED) is 0.703. The minimum atomic E-state index is -3.56. The Labute approximate surface area is 178 Å². The molecule has 1 atom stereocenters. The Bertz CT molecular complexity index is 935. The van der Waals surface area contributed by atoms with Crippen molar-refractivity contribution in [1.29, 1.82) is 0 Å². The van der Waals surface area contributed by atoms with E-state index in [-0.39, 0.29) is 16.7 Å². The first-order valence-corrected chi connectivity index (χ1v) is 11.8. The van der Waals surface area contributed by atoms with Crippen LogP contribution < -0.4 is 5.32 Å². The molecule has 7 heteroatoms. The zero-order chi connectivity index (χ0) is 21.0. The molecule has 2 aromatic rings. The number of piperidine rings is 1. The number of amides is 1. The third-order valence-corrected chi connectivity index (χ3v) is 7.80. The molecule has 1 heterocycles. The number of anilines is 1. The number of hydrogen-bond donors (Lipinski definition) is 1. The van der Waals surface area contributed by atoms with E-state index in [2.05, 4.69) is 19.2 Å². The normalized spacial score (nSPS) is 17.1. The van der Waals surface area contributed by atoms with Crippen LogP contribution in [0.4, 0.5) is 5.69 Å². The average Bonchev–Trinajstić information content (AvgIpc) is 2.74. The number of benzene rings is 2. The molecular weight excluding hydrogens is 408 g/mol. The van der Waals surface area contributed by atoms with Gasteiger partial charge >= 0.3 is 0 Å². The molecule has 0 aliphatic carbocycles. The molecule has 0 bridgehead atoms. The van der Waals surface area contributed by atoms with Crippen molar-refractivity contribution in [2.45, 2.75) is 43.9 Å². The van der Waals surface area contributed by atoms with Gasteiger partial charge in [-0.3, -0.25) is 4.79 Å². The topological polar surface area (TPSA) is 66.5 Å². The molecule has 0 radical (unpaired) electrons. The van der Waals surface area contributed by atoms with Crippen LogP contribution in [0.1, 0.15) is 44.6 Å². The van der Waals surface area contributed by atoms with E-state index in [0.29, 0.717) is 36.9 Å². The smallest absolute Gasteiger partial charge is 0.243 e. The van der Waals surface area contributed by atoms with E-state index >= 15 is 0 Å². The largest absolute Gasteiger partial charge is 0.326 e. The molecule has 1 aliphatic heterocycles. The molecule has 1 N–H and O–H groups in total. The second-order valence-corrected chi connectivity index (χ2v) is 9.93. The summed E-state index contributed by atoms with van der Waals surface area (Å²) in [6, 6.07) is 14.1. The van der Waals surface area contributed by atoms with Crippen molar-refractivity contribution in [2.24, 2.45) is 5.92 Å². The zero-order valence-corrected chi connectivity index (χ0v) is 18.3. The van der Waals surface area contributed by atoms with Crippen molar-refractivity contribution < 1.29 is 13.2 Å². The first-order chi connectivity index (χ1) is 13.8. The second-order valence-electron chi connectivity index (χ2n) is 7.55. The van der Waals surface area contributed by atoms with Crippen LogP contribution in [0.15, 0.2) is 53.4 Å². The predicted octanol–water partition coefficient (Wildman–Crippen LogP) is 4.89. The Morgan fingerprint density at radius 2 is 1.69 bits per heavy atom. The van der Waals surface area contributed by atoms with Crippen molar-refractivity contribution >= 4 is 33.2 Å². The zero-order valence-electron chi connectivity index (χ0n) is 16.8. The van der Waals surface area contributed by atoms with Gasteiger partial charge < -0.3 is 5.32 Å². The molecule has 5 nitrogen and oxygen atoms in total. The monoisotopic (exact) mass is 434 g/mol. The van der Waals surface area contributed by atoms with Gasteiger partial charge in [-0.25, -0.2) is 8.42 Å². The highest BCUT2D eigenvalue weighted by atomic mass is 35.5. The molecular formula is C22H27ClN2O3S. The molecule has 156 valence electrons. The van der Waals surface area contributed by atoms with Crippen LogP contribution in [-0.4, -0.2) is 31.7 Å². The van der Waals surface area contributed by atoms with Crippen LogP contribution in [-0.2, 0) is 14.8 Å².